The van der Waals surface area contributed by atoms with Crippen molar-refractivity contribution in [3.63, 3.8) is 0 Å². The first-order chi connectivity index (χ1) is 15.0. The number of ether oxygens (including phenoxy) is 1. The molecule has 0 unspecified atom stereocenters. The number of fused-ring (bicyclic) bond motifs is 1. The van der Waals surface area contributed by atoms with Gasteiger partial charge >= 0.3 is 5.97 Å². The Morgan fingerprint density at radius 3 is 2.58 bits per heavy atom. The van der Waals surface area contributed by atoms with Crippen molar-refractivity contribution in [2.75, 3.05) is 6.61 Å². The Labute approximate surface area is 181 Å². The number of aliphatic carboxylic acids is 1. The van der Waals surface area contributed by atoms with E-state index in [1.165, 1.54) is 0 Å². The molecule has 0 saturated carbocycles. The number of aromatic nitrogens is 1. The van der Waals surface area contributed by atoms with Crippen LogP contribution >= 0.6 is 0 Å². The van der Waals surface area contributed by atoms with Crippen LogP contribution in [0.1, 0.15) is 23.9 Å². The highest BCUT2D eigenvalue weighted by Crippen LogP contribution is 2.25. The molecule has 0 aliphatic heterocycles. The summed E-state index contributed by atoms with van der Waals surface area (Å²) < 4.78 is 11.8. The number of oxazole rings is 1. The fourth-order valence-corrected chi connectivity index (χ4v) is 3.56. The molecule has 0 aliphatic carbocycles. The molecule has 0 spiro atoms. The molecule has 4 aromatic rings. The summed E-state index contributed by atoms with van der Waals surface area (Å²) in [6.07, 6.45) is 1.18. The van der Waals surface area contributed by atoms with Gasteiger partial charge in [-0.2, -0.15) is 0 Å². The minimum absolute atomic E-state index is 0.401. The standard InChI is InChI=1S/C26H25NO4/c1-17(26(28)29)14-19-8-9-22-16-23(11-10-21(22)15-19)30-13-12-24-18(2)31-25(27-24)20-6-4-3-5-7-20/h3-11,15-17H,12-14H2,1-2H3,(H,28,29)/t17-/m0/s1. The molecule has 5 nitrogen and oxygen atoms in total. The molecule has 4 rings (SSSR count). The number of aryl methyl sites for hydroxylation is 1. The van der Waals surface area contributed by atoms with Gasteiger partial charge in [-0.3, -0.25) is 4.79 Å². The van der Waals surface area contributed by atoms with Crippen molar-refractivity contribution < 1.29 is 19.1 Å². The zero-order chi connectivity index (χ0) is 21.8. The van der Waals surface area contributed by atoms with E-state index in [9.17, 15) is 4.79 Å². The lowest BCUT2D eigenvalue weighted by atomic mass is 9.98. The van der Waals surface area contributed by atoms with Gasteiger partial charge < -0.3 is 14.3 Å². The van der Waals surface area contributed by atoms with Crippen LogP contribution in [0, 0.1) is 12.8 Å². The van der Waals surface area contributed by atoms with E-state index in [-0.39, 0.29) is 0 Å². The van der Waals surface area contributed by atoms with E-state index in [0.717, 1.165) is 39.1 Å². The van der Waals surface area contributed by atoms with Gasteiger partial charge in [0.25, 0.3) is 0 Å². The summed E-state index contributed by atoms with van der Waals surface area (Å²) in [6, 6.07) is 21.9. The Kier molecular flexibility index (Phi) is 6.03. The average molecular weight is 415 g/mol. The third kappa shape index (κ3) is 4.94. The van der Waals surface area contributed by atoms with Gasteiger partial charge in [0.2, 0.25) is 5.89 Å². The molecular formula is C26H25NO4. The van der Waals surface area contributed by atoms with Crippen molar-refractivity contribution in [1.82, 2.24) is 4.98 Å². The second kappa shape index (κ2) is 9.04. The maximum atomic E-state index is 11.1. The SMILES string of the molecule is Cc1oc(-c2ccccc2)nc1CCOc1ccc2cc(C[C@H](C)C(=O)O)ccc2c1. The average Bonchev–Trinajstić information content (AvgIpc) is 3.15. The highest BCUT2D eigenvalue weighted by molar-refractivity contribution is 5.84. The Bertz CT molecular complexity index is 1200. The zero-order valence-electron chi connectivity index (χ0n) is 17.7. The molecule has 0 radical (unpaired) electrons. The van der Waals surface area contributed by atoms with Crippen LogP contribution in [0.2, 0.25) is 0 Å². The van der Waals surface area contributed by atoms with Crippen molar-refractivity contribution in [2.24, 2.45) is 5.92 Å². The van der Waals surface area contributed by atoms with E-state index in [4.69, 9.17) is 14.3 Å². The lowest BCUT2D eigenvalue weighted by Gasteiger charge is -2.09. The number of benzene rings is 3. The normalized spacial score (nSPS) is 12.1. The van der Waals surface area contributed by atoms with Crippen LogP contribution < -0.4 is 4.74 Å². The Balaban J connectivity index is 1.39. The number of rotatable bonds is 8. The van der Waals surface area contributed by atoms with Gasteiger partial charge in [-0.1, -0.05) is 49.4 Å². The quantitative estimate of drug-likeness (QED) is 0.400. The predicted octanol–water partition coefficient (Wildman–Crippen LogP) is 5.69. The number of carbonyl (C=O) groups is 1. The van der Waals surface area contributed by atoms with Crippen LogP contribution in [0.15, 0.2) is 71.1 Å². The van der Waals surface area contributed by atoms with Gasteiger partial charge in [0.05, 0.1) is 18.2 Å². The highest BCUT2D eigenvalue weighted by atomic mass is 16.5. The number of carboxylic acid groups (broad SMARTS) is 1. The minimum Gasteiger partial charge on any atom is -0.493 e. The highest BCUT2D eigenvalue weighted by Gasteiger charge is 2.13. The molecule has 5 heteroatoms. The lowest BCUT2D eigenvalue weighted by molar-refractivity contribution is -0.141. The summed E-state index contributed by atoms with van der Waals surface area (Å²) in [6.45, 7) is 4.15. The molecule has 1 aromatic heterocycles. The topological polar surface area (TPSA) is 72.6 Å². The third-order valence-electron chi connectivity index (χ3n) is 5.36. The van der Waals surface area contributed by atoms with E-state index in [1.54, 1.807) is 6.92 Å². The number of nitrogens with zero attached hydrogens (tertiary/aromatic N) is 1. The summed E-state index contributed by atoms with van der Waals surface area (Å²) in [5, 5.41) is 11.2. The predicted molar refractivity (Wildman–Crippen MR) is 120 cm³/mol. The summed E-state index contributed by atoms with van der Waals surface area (Å²) in [4.78, 5) is 15.7. The van der Waals surface area contributed by atoms with Crippen LogP contribution in [-0.2, 0) is 17.6 Å². The van der Waals surface area contributed by atoms with Crippen molar-refractivity contribution in [2.45, 2.75) is 26.7 Å². The molecule has 1 N–H and O–H groups in total. The molecule has 1 atom stereocenters. The van der Waals surface area contributed by atoms with Gasteiger partial charge in [-0.15, -0.1) is 0 Å². The molecule has 31 heavy (non-hydrogen) atoms. The van der Waals surface area contributed by atoms with Crippen LogP contribution in [0.5, 0.6) is 5.75 Å². The van der Waals surface area contributed by atoms with Gasteiger partial charge in [0.1, 0.15) is 11.5 Å². The monoisotopic (exact) mass is 415 g/mol. The first-order valence-corrected chi connectivity index (χ1v) is 10.4. The first kappa shape index (κ1) is 20.7. The van der Waals surface area contributed by atoms with Crippen molar-refractivity contribution in [1.29, 1.82) is 0 Å². The molecule has 0 bridgehead atoms. The molecule has 0 fully saturated rings. The zero-order valence-corrected chi connectivity index (χ0v) is 17.7. The summed E-state index contributed by atoms with van der Waals surface area (Å²) in [5.41, 5.74) is 2.88. The molecule has 1 heterocycles. The minimum atomic E-state index is -0.776. The second-order valence-electron chi connectivity index (χ2n) is 7.77. The first-order valence-electron chi connectivity index (χ1n) is 10.4. The van der Waals surface area contributed by atoms with Crippen LogP contribution in [0.25, 0.3) is 22.2 Å². The molecular weight excluding hydrogens is 390 g/mol. The van der Waals surface area contributed by atoms with Crippen molar-refractivity contribution >= 4 is 16.7 Å². The van der Waals surface area contributed by atoms with E-state index < -0.39 is 11.9 Å². The van der Waals surface area contributed by atoms with Crippen molar-refractivity contribution in [3.8, 4) is 17.2 Å². The van der Waals surface area contributed by atoms with Crippen molar-refractivity contribution in [3.05, 3.63) is 83.7 Å². The fraction of sp³-hybridized carbons (Fsp3) is 0.231. The molecule has 3 aromatic carbocycles. The Hall–Kier alpha value is -3.60. The van der Waals surface area contributed by atoms with Gasteiger partial charge in [0, 0.05) is 12.0 Å². The number of hydrogen-bond donors (Lipinski definition) is 1. The summed E-state index contributed by atoms with van der Waals surface area (Å²) >= 11 is 0. The molecule has 0 amide bonds. The number of hydrogen-bond acceptors (Lipinski definition) is 4. The van der Waals surface area contributed by atoms with Crippen LogP contribution in [0.4, 0.5) is 0 Å². The largest absolute Gasteiger partial charge is 0.493 e. The van der Waals surface area contributed by atoms with E-state index in [2.05, 4.69) is 4.98 Å². The van der Waals surface area contributed by atoms with Crippen LogP contribution in [0.3, 0.4) is 0 Å². The van der Waals surface area contributed by atoms with E-state index in [1.807, 2.05) is 73.7 Å². The Morgan fingerprint density at radius 2 is 1.81 bits per heavy atom. The Morgan fingerprint density at radius 1 is 1.06 bits per heavy atom. The number of carboxylic acids is 1. The van der Waals surface area contributed by atoms with Gasteiger partial charge in [0.15, 0.2) is 0 Å². The molecule has 0 aliphatic rings. The van der Waals surface area contributed by atoms with E-state index in [0.29, 0.717) is 25.3 Å². The van der Waals surface area contributed by atoms with E-state index >= 15 is 0 Å². The lowest BCUT2D eigenvalue weighted by Crippen LogP contribution is -2.12. The van der Waals surface area contributed by atoms with Gasteiger partial charge in [-0.25, -0.2) is 4.98 Å². The maximum Gasteiger partial charge on any atom is 0.306 e. The molecule has 0 saturated heterocycles. The fourth-order valence-electron chi connectivity index (χ4n) is 3.56. The second-order valence-corrected chi connectivity index (χ2v) is 7.77. The smallest absolute Gasteiger partial charge is 0.306 e. The van der Waals surface area contributed by atoms with Gasteiger partial charge in [-0.05, 0) is 53.9 Å². The summed E-state index contributed by atoms with van der Waals surface area (Å²) in [5.74, 6) is 1.06. The third-order valence-corrected chi connectivity index (χ3v) is 5.36. The molecule has 158 valence electrons. The van der Waals surface area contributed by atoms with Crippen LogP contribution in [-0.4, -0.2) is 22.7 Å². The summed E-state index contributed by atoms with van der Waals surface area (Å²) in [7, 11) is 0. The maximum absolute atomic E-state index is 11.1.